The molecule has 2 aliphatic rings. The molecule has 2 amide bonds. The third-order valence-electron chi connectivity index (χ3n) is 8.56. The molecule has 2 unspecified atom stereocenters. The molecule has 248 valence electrons. The Bertz CT molecular complexity index is 1690. The second kappa shape index (κ2) is 12.9. The highest BCUT2D eigenvalue weighted by Crippen LogP contribution is 2.35. The second-order valence-electron chi connectivity index (χ2n) is 14.5. The zero-order valence-electron chi connectivity index (χ0n) is 28.3. The van der Waals surface area contributed by atoms with Gasteiger partial charge < -0.3 is 19.4 Å². The summed E-state index contributed by atoms with van der Waals surface area (Å²) in [6.45, 7) is 12.7. The van der Waals surface area contributed by atoms with Crippen molar-refractivity contribution in [3.63, 3.8) is 0 Å². The summed E-state index contributed by atoms with van der Waals surface area (Å²) in [7, 11) is 0. The van der Waals surface area contributed by atoms with Crippen molar-refractivity contribution in [2.45, 2.75) is 96.9 Å². The number of hydrogen-bond donors (Lipinski definition) is 2. The van der Waals surface area contributed by atoms with Gasteiger partial charge in [0, 0.05) is 13.1 Å². The van der Waals surface area contributed by atoms with Crippen LogP contribution in [-0.2, 0) is 9.47 Å². The first-order valence-electron chi connectivity index (χ1n) is 16.6. The molecule has 10 heteroatoms. The van der Waals surface area contributed by atoms with Crippen LogP contribution >= 0.6 is 0 Å². The standard InChI is InChI=1S/C37H46N6O4/c1-36(2,3)46-34(44)42-20-8-7-10-30(42)32-38-22-28(40-32)26-16-12-24(13-17-26)25-14-18-27(19-15-25)29-23-39-33(41-29)31-11-9-21-43(31)35(45)47-37(4,5)6/h12-19,22-23,30-31H,7-11,20-21H2,1-6H3,(H,38,40)(H,39,41). The number of ether oxygens (including phenoxy) is 2. The maximum Gasteiger partial charge on any atom is 0.410 e. The minimum absolute atomic E-state index is 0.117. The quantitative estimate of drug-likeness (QED) is 0.226. The van der Waals surface area contributed by atoms with Crippen LogP contribution in [0.4, 0.5) is 9.59 Å². The second-order valence-corrected chi connectivity index (χ2v) is 14.5. The van der Waals surface area contributed by atoms with Crippen molar-refractivity contribution in [2.24, 2.45) is 0 Å². The molecule has 2 atom stereocenters. The Balaban J connectivity index is 1.12. The summed E-state index contributed by atoms with van der Waals surface area (Å²) >= 11 is 0. The SMILES string of the molecule is CC(C)(C)OC(=O)N1CCCCC1c1ncc(-c2ccc(-c3ccc(-c4cnc(C5CCCN5C(=O)OC(C)(C)C)[nH]4)cc3)cc2)[nH]1. The van der Waals surface area contributed by atoms with Gasteiger partial charge in [-0.15, -0.1) is 0 Å². The van der Waals surface area contributed by atoms with Gasteiger partial charge in [-0.05, 0) is 95.9 Å². The number of nitrogens with zero attached hydrogens (tertiary/aromatic N) is 4. The summed E-state index contributed by atoms with van der Waals surface area (Å²) in [5, 5.41) is 0. The van der Waals surface area contributed by atoms with Gasteiger partial charge in [0.05, 0.1) is 35.9 Å². The number of amides is 2. The van der Waals surface area contributed by atoms with Crippen molar-refractivity contribution < 1.29 is 19.1 Å². The summed E-state index contributed by atoms with van der Waals surface area (Å²) < 4.78 is 11.3. The summed E-state index contributed by atoms with van der Waals surface area (Å²) in [6.07, 6.45) is 7.73. The summed E-state index contributed by atoms with van der Waals surface area (Å²) in [5.41, 5.74) is 5.01. The van der Waals surface area contributed by atoms with Gasteiger partial charge in [0.15, 0.2) is 0 Å². The van der Waals surface area contributed by atoms with Crippen molar-refractivity contribution in [2.75, 3.05) is 13.1 Å². The Morgan fingerprint density at radius 3 is 1.43 bits per heavy atom. The Morgan fingerprint density at radius 1 is 0.617 bits per heavy atom. The van der Waals surface area contributed by atoms with Gasteiger partial charge in [-0.1, -0.05) is 48.5 Å². The van der Waals surface area contributed by atoms with Crippen LogP contribution in [-0.4, -0.2) is 66.2 Å². The lowest BCUT2D eigenvalue weighted by molar-refractivity contribution is 0.00846. The topological polar surface area (TPSA) is 116 Å². The first-order chi connectivity index (χ1) is 22.3. The minimum Gasteiger partial charge on any atom is -0.444 e. The highest BCUT2D eigenvalue weighted by atomic mass is 16.6. The maximum atomic E-state index is 12.9. The van der Waals surface area contributed by atoms with Gasteiger partial charge in [0.1, 0.15) is 22.9 Å². The van der Waals surface area contributed by atoms with Crippen LogP contribution in [0.25, 0.3) is 33.6 Å². The van der Waals surface area contributed by atoms with Crippen molar-refractivity contribution in [3.8, 4) is 33.6 Å². The van der Waals surface area contributed by atoms with E-state index in [-0.39, 0.29) is 24.3 Å². The average Bonchev–Trinajstić information content (AvgIpc) is 3.81. The number of aromatic nitrogens is 4. The number of imidazole rings is 2. The number of rotatable bonds is 5. The van der Waals surface area contributed by atoms with Gasteiger partial charge in [-0.2, -0.15) is 0 Å². The van der Waals surface area contributed by atoms with Crippen LogP contribution in [0.3, 0.4) is 0 Å². The number of likely N-dealkylation sites (tertiary alicyclic amines) is 2. The van der Waals surface area contributed by atoms with Crippen LogP contribution in [0.2, 0.25) is 0 Å². The van der Waals surface area contributed by atoms with Crippen LogP contribution in [0.5, 0.6) is 0 Å². The van der Waals surface area contributed by atoms with E-state index in [0.29, 0.717) is 13.1 Å². The summed E-state index contributed by atoms with van der Waals surface area (Å²) in [6, 6.07) is 16.5. The maximum absolute atomic E-state index is 12.9. The first-order valence-corrected chi connectivity index (χ1v) is 16.6. The number of carbonyl (C=O) groups excluding carboxylic acids is 2. The third kappa shape index (κ3) is 7.53. The molecule has 2 fully saturated rings. The molecule has 2 aromatic carbocycles. The largest absolute Gasteiger partial charge is 0.444 e. The van der Waals surface area contributed by atoms with Gasteiger partial charge >= 0.3 is 12.2 Å². The van der Waals surface area contributed by atoms with Crippen molar-refractivity contribution >= 4 is 12.2 Å². The van der Waals surface area contributed by atoms with Gasteiger partial charge in [-0.3, -0.25) is 9.80 Å². The molecule has 0 bridgehead atoms. The minimum atomic E-state index is -0.541. The average molecular weight is 639 g/mol. The predicted octanol–water partition coefficient (Wildman–Crippen LogP) is 8.67. The lowest BCUT2D eigenvalue weighted by Gasteiger charge is -2.35. The van der Waals surface area contributed by atoms with Crippen LogP contribution < -0.4 is 0 Å². The monoisotopic (exact) mass is 638 g/mol. The molecule has 2 aromatic heterocycles. The molecule has 4 heterocycles. The number of carbonyl (C=O) groups is 2. The Hall–Kier alpha value is -4.60. The number of nitrogens with one attached hydrogen (secondary N) is 2. The van der Waals surface area contributed by atoms with E-state index in [1.807, 2.05) is 58.8 Å². The van der Waals surface area contributed by atoms with Gasteiger partial charge in [0.2, 0.25) is 0 Å². The fraction of sp³-hybridized carbons (Fsp3) is 0.459. The Labute approximate surface area is 276 Å². The van der Waals surface area contributed by atoms with Crippen molar-refractivity contribution in [1.29, 1.82) is 0 Å². The van der Waals surface area contributed by atoms with Gasteiger partial charge in [0.25, 0.3) is 0 Å². The van der Waals surface area contributed by atoms with Crippen LogP contribution in [0, 0.1) is 0 Å². The molecule has 0 saturated carbocycles. The first kappa shape index (κ1) is 32.3. The number of benzene rings is 2. The Kier molecular flexibility index (Phi) is 8.87. The zero-order valence-corrected chi connectivity index (χ0v) is 28.3. The molecule has 0 radical (unpaired) electrons. The summed E-state index contributed by atoms with van der Waals surface area (Å²) in [4.78, 5) is 45.5. The molecule has 0 aliphatic carbocycles. The molecular formula is C37H46N6O4. The van der Waals surface area contributed by atoms with E-state index in [0.717, 1.165) is 77.4 Å². The zero-order chi connectivity index (χ0) is 33.3. The smallest absolute Gasteiger partial charge is 0.410 e. The van der Waals surface area contributed by atoms with Crippen LogP contribution in [0.1, 0.15) is 97.4 Å². The number of H-pyrrole nitrogens is 2. The normalized spacial score (nSPS) is 18.8. The lowest BCUT2D eigenvalue weighted by atomic mass is 10.0. The molecule has 2 saturated heterocycles. The van der Waals surface area contributed by atoms with E-state index < -0.39 is 11.2 Å². The number of aromatic amines is 2. The van der Waals surface area contributed by atoms with Crippen molar-refractivity contribution in [3.05, 3.63) is 72.6 Å². The van der Waals surface area contributed by atoms with Crippen LogP contribution in [0.15, 0.2) is 60.9 Å². The van der Waals surface area contributed by atoms with Crippen molar-refractivity contribution in [1.82, 2.24) is 29.7 Å². The van der Waals surface area contributed by atoms with E-state index in [1.165, 1.54) is 0 Å². The molecule has 4 aromatic rings. The predicted molar refractivity (Wildman–Crippen MR) is 181 cm³/mol. The molecule has 10 nitrogen and oxygen atoms in total. The third-order valence-corrected chi connectivity index (χ3v) is 8.56. The van der Waals surface area contributed by atoms with E-state index in [2.05, 4.69) is 68.5 Å². The highest BCUT2D eigenvalue weighted by Gasteiger charge is 2.35. The Morgan fingerprint density at radius 2 is 1.00 bits per heavy atom. The fourth-order valence-corrected chi connectivity index (χ4v) is 6.33. The molecule has 0 spiro atoms. The van der Waals surface area contributed by atoms with E-state index in [1.54, 1.807) is 4.90 Å². The fourth-order valence-electron chi connectivity index (χ4n) is 6.33. The van der Waals surface area contributed by atoms with E-state index in [9.17, 15) is 9.59 Å². The molecule has 47 heavy (non-hydrogen) atoms. The molecular weight excluding hydrogens is 592 g/mol. The molecule has 2 aliphatic heterocycles. The van der Waals surface area contributed by atoms with E-state index in [4.69, 9.17) is 9.47 Å². The number of hydrogen-bond acceptors (Lipinski definition) is 6. The van der Waals surface area contributed by atoms with E-state index >= 15 is 0 Å². The highest BCUT2D eigenvalue weighted by molar-refractivity contribution is 5.72. The lowest BCUT2D eigenvalue weighted by Crippen LogP contribution is -2.42. The summed E-state index contributed by atoms with van der Waals surface area (Å²) in [5.74, 6) is 1.57. The molecule has 6 rings (SSSR count). The van der Waals surface area contributed by atoms with Gasteiger partial charge in [-0.25, -0.2) is 19.6 Å². The number of piperidine rings is 1. The molecule has 2 N–H and O–H groups in total.